The van der Waals surface area contributed by atoms with Crippen LogP contribution in [0.5, 0.6) is 0 Å². The van der Waals surface area contributed by atoms with Crippen molar-refractivity contribution in [3.63, 3.8) is 0 Å². The average Bonchev–Trinajstić information content (AvgIpc) is 3.09. The third-order valence-corrected chi connectivity index (χ3v) is 3.52. The lowest BCUT2D eigenvalue weighted by atomic mass is 10.1. The normalized spacial score (nSPS) is 10.8. The molecule has 0 fully saturated rings. The Morgan fingerprint density at radius 1 is 1.00 bits per heavy atom. The molecule has 1 aromatic carbocycles. The van der Waals surface area contributed by atoms with Crippen LogP contribution in [-0.4, -0.2) is 16.2 Å². The van der Waals surface area contributed by atoms with Crippen molar-refractivity contribution < 1.29 is 18.4 Å². The first kappa shape index (κ1) is 16.0. The fourth-order valence-corrected chi connectivity index (χ4v) is 2.57. The monoisotopic (exact) mass is 326 g/mol. The van der Waals surface area contributed by atoms with Crippen LogP contribution in [0, 0.1) is 27.7 Å². The summed E-state index contributed by atoms with van der Waals surface area (Å²) in [6.07, 6.45) is 0. The van der Waals surface area contributed by atoms with Gasteiger partial charge in [0.1, 0.15) is 11.5 Å². The number of ether oxygens (including phenoxy) is 1. The largest absolute Gasteiger partial charge is 0.466 e. The van der Waals surface area contributed by atoms with Gasteiger partial charge in [0, 0.05) is 0 Å². The Balaban J connectivity index is 1.69. The van der Waals surface area contributed by atoms with Crippen molar-refractivity contribution in [3.05, 3.63) is 58.4 Å². The number of nitrogens with zero attached hydrogens (tertiary/aromatic N) is 2. The highest BCUT2D eigenvalue weighted by Gasteiger charge is 2.16. The zero-order valence-electron chi connectivity index (χ0n) is 14.0. The molecule has 2 heterocycles. The summed E-state index contributed by atoms with van der Waals surface area (Å²) in [5.74, 6) is 1.64. The Labute approximate surface area is 139 Å². The van der Waals surface area contributed by atoms with E-state index >= 15 is 0 Å². The Morgan fingerprint density at radius 3 is 2.33 bits per heavy atom. The molecule has 0 amide bonds. The number of aromatic nitrogens is 2. The molecule has 0 radical (unpaired) electrons. The van der Waals surface area contributed by atoms with Crippen molar-refractivity contribution >= 4 is 5.97 Å². The van der Waals surface area contributed by atoms with Gasteiger partial charge < -0.3 is 13.6 Å². The average molecular weight is 326 g/mol. The molecule has 3 aromatic rings. The van der Waals surface area contributed by atoms with E-state index in [0.29, 0.717) is 17.2 Å². The molecule has 124 valence electrons. The molecule has 0 aliphatic carbocycles. The van der Waals surface area contributed by atoms with Crippen molar-refractivity contribution in [1.29, 1.82) is 0 Å². The minimum Gasteiger partial charge on any atom is -0.466 e. The first-order valence-corrected chi connectivity index (χ1v) is 7.57. The van der Waals surface area contributed by atoms with Crippen molar-refractivity contribution in [1.82, 2.24) is 10.2 Å². The molecule has 0 atom stereocenters. The van der Waals surface area contributed by atoms with Crippen molar-refractivity contribution in [2.24, 2.45) is 0 Å². The van der Waals surface area contributed by atoms with Crippen LogP contribution in [0.15, 0.2) is 33.1 Å². The van der Waals surface area contributed by atoms with Gasteiger partial charge in [-0.1, -0.05) is 17.2 Å². The minimum absolute atomic E-state index is 0.0747. The lowest BCUT2D eigenvalue weighted by Crippen LogP contribution is -2.06. The molecule has 0 aliphatic heterocycles. The van der Waals surface area contributed by atoms with Gasteiger partial charge in [0.15, 0.2) is 6.61 Å². The van der Waals surface area contributed by atoms with E-state index in [1.807, 2.05) is 39.8 Å². The summed E-state index contributed by atoms with van der Waals surface area (Å²) in [5.41, 5.74) is 3.26. The molecule has 2 aromatic heterocycles. The molecular formula is C18H18N2O4. The zero-order valence-corrected chi connectivity index (χ0v) is 14.0. The first-order chi connectivity index (χ1) is 11.4. The summed E-state index contributed by atoms with van der Waals surface area (Å²) < 4.78 is 16.2. The minimum atomic E-state index is -0.420. The number of aryl methyl sites for hydroxylation is 4. The van der Waals surface area contributed by atoms with Gasteiger partial charge in [0.25, 0.3) is 11.8 Å². The van der Waals surface area contributed by atoms with E-state index in [1.165, 1.54) is 0 Å². The quantitative estimate of drug-likeness (QED) is 0.676. The summed E-state index contributed by atoms with van der Waals surface area (Å²) in [4.78, 5) is 12.1. The Bertz CT molecular complexity index is 872. The number of carbonyl (C=O) groups excluding carboxylic acids is 1. The van der Waals surface area contributed by atoms with Crippen LogP contribution in [0.25, 0.3) is 11.5 Å². The number of furan rings is 1. The second-order valence-electron chi connectivity index (χ2n) is 5.78. The number of rotatable bonds is 4. The van der Waals surface area contributed by atoms with Gasteiger partial charge in [0.2, 0.25) is 0 Å². The lowest BCUT2D eigenvalue weighted by Gasteiger charge is -2.04. The van der Waals surface area contributed by atoms with E-state index in [1.54, 1.807) is 12.1 Å². The number of carbonyl (C=O) groups is 1. The Hall–Kier alpha value is -2.89. The molecule has 0 aliphatic rings. The number of benzene rings is 1. The highest BCUT2D eigenvalue weighted by molar-refractivity contribution is 5.89. The van der Waals surface area contributed by atoms with Crippen LogP contribution in [0.4, 0.5) is 0 Å². The summed E-state index contributed by atoms with van der Waals surface area (Å²) in [6.45, 7) is 7.47. The number of hydrogen-bond donors (Lipinski definition) is 0. The second kappa shape index (κ2) is 6.31. The predicted molar refractivity (Wildman–Crippen MR) is 86.5 cm³/mol. The van der Waals surface area contributed by atoms with Gasteiger partial charge in [-0.3, -0.25) is 0 Å². The van der Waals surface area contributed by atoms with Crippen molar-refractivity contribution in [3.8, 4) is 11.5 Å². The van der Waals surface area contributed by atoms with Gasteiger partial charge in [-0.2, -0.15) is 0 Å². The van der Waals surface area contributed by atoms with Gasteiger partial charge >= 0.3 is 5.97 Å². The molecule has 0 N–H and O–H groups in total. The standard InChI is InChI=1S/C18H18N2O4/c1-10-5-11(2)7-14(6-10)18(21)22-9-16-19-20-17(24-16)15-8-12(3)23-13(15)4/h5-8H,9H2,1-4H3. The van der Waals surface area contributed by atoms with E-state index in [4.69, 9.17) is 13.6 Å². The topological polar surface area (TPSA) is 78.4 Å². The van der Waals surface area contributed by atoms with Crippen LogP contribution in [0.1, 0.15) is 38.9 Å². The number of esters is 1. The third kappa shape index (κ3) is 3.37. The van der Waals surface area contributed by atoms with Gasteiger partial charge in [-0.05, 0) is 45.9 Å². The van der Waals surface area contributed by atoms with Gasteiger partial charge in [-0.15, -0.1) is 10.2 Å². The second-order valence-corrected chi connectivity index (χ2v) is 5.78. The van der Waals surface area contributed by atoms with E-state index in [2.05, 4.69) is 10.2 Å². The van der Waals surface area contributed by atoms with Gasteiger partial charge in [-0.25, -0.2) is 4.79 Å². The Morgan fingerprint density at radius 2 is 1.71 bits per heavy atom. The van der Waals surface area contributed by atoms with Crippen molar-refractivity contribution in [2.75, 3.05) is 0 Å². The summed E-state index contributed by atoms with van der Waals surface area (Å²) in [7, 11) is 0. The lowest BCUT2D eigenvalue weighted by molar-refractivity contribution is 0.0438. The molecule has 6 nitrogen and oxygen atoms in total. The van der Waals surface area contributed by atoms with Crippen LogP contribution in [-0.2, 0) is 11.3 Å². The Kier molecular flexibility index (Phi) is 4.20. The molecule has 6 heteroatoms. The van der Waals surface area contributed by atoms with Crippen molar-refractivity contribution in [2.45, 2.75) is 34.3 Å². The summed E-state index contributed by atoms with van der Waals surface area (Å²) >= 11 is 0. The van der Waals surface area contributed by atoms with Crippen LogP contribution >= 0.6 is 0 Å². The highest BCUT2D eigenvalue weighted by atomic mass is 16.5. The summed E-state index contributed by atoms with van der Waals surface area (Å²) in [6, 6.07) is 7.39. The maximum atomic E-state index is 12.1. The van der Waals surface area contributed by atoms with Crippen LogP contribution in [0.3, 0.4) is 0 Å². The third-order valence-electron chi connectivity index (χ3n) is 3.52. The maximum Gasteiger partial charge on any atom is 0.338 e. The molecule has 0 spiro atoms. The predicted octanol–water partition coefficient (Wildman–Crippen LogP) is 3.92. The summed E-state index contributed by atoms with van der Waals surface area (Å²) in [5, 5.41) is 7.88. The SMILES string of the molecule is Cc1cc(C)cc(C(=O)OCc2nnc(-c3cc(C)oc3C)o2)c1. The smallest absolute Gasteiger partial charge is 0.338 e. The van der Waals surface area contributed by atoms with Crippen LogP contribution < -0.4 is 0 Å². The molecule has 0 bridgehead atoms. The molecular weight excluding hydrogens is 308 g/mol. The molecule has 3 rings (SSSR count). The molecule has 0 saturated heterocycles. The fraction of sp³-hybridized carbons (Fsp3) is 0.278. The highest BCUT2D eigenvalue weighted by Crippen LogP contribution is 2.25. The van der Waals surface area contributed by atoms with E-state index in [-0.39, 0.29) is 12.5 Å². The van der Waals surface area contributed by atoms with Gasteiger partial charge in [0.05, 0.1) is 11.1 Å². The molecule has 24 heavy (non-hydrogen) atoms. The number of hydrogen-bond acceptors (Lipinski definition) is 6. The van der Waals surface area contributed by atoms with Crippen LogP contribution in [0.2, 0.25) is 0 Å². The maximum absolute atomic E-state index is 12.1. The van der Waals surface area contributed by atoms with E-state index in [9.17, 15) is 4.79 Å². The fourth-order valence-electron chi connectivity index (χ4n) is 2.57. The van der Waals surface area contributed by atoms with E-state index in [0.717, 1.165) is 22.5 Å². The zero-order chi connectivity index (χ0) is 17.3. The first-order valence-electron chi connectivity index (χ1n) is 7.57. The van der Waals surface area contributed by atoms with E-state index < -0.39 is 5.97 Å². The molecule has 0 unspecified atom stereocenters. The molecule has 0 saturated carbocycles.